The molecule has 2 unspecified atom stereocenters. The zero-order valence-corrected chi connectivity index (χ0v) is 21.9. The Morgan fingerprint density at radius 3 is 2.50 bits per heavy atom. The summed E-state index contributed by atoms with van der Waals surface area (Å²) >= 11 is 1.64. The number of halogens is 3. The summed E-state index contributed by atoms with van der Waals surface area (Å²) in [5.74, 6) is -0.378. The van der Waals surface area contributed by atoms with E-state index in [0.29, 0.717) is 12.8 Å². The van der Waals surface area contributed by atoms with Crippen molar-refractivity contribution in [2.24, 2.45) is 0 Å². The van der Waals surface area contributed by atoms with E-state index in [4.69, 9.17) is 0 Å². The summed E-state index contributed by atoms with van der Waals surface area (Å²) in [5, 5.41) is 12.4. The van der Waals surface area contributed by atoms with Gasteiger partial charge < -0.3 is 10.6 Å². The number of hydrogen-bond donors (Lipinski definition) is 2. The predicted octanol–water partition coefficient (Wildman–Crippen LogP) is 7.72. The van der Waals surface area contributed by atoms with Crippen LogP contribution in [-0.2, 0) is 5.54 Å². The fraction of sp³-hybridized carbons (Fsp3) is 0.310. The van der Waals surface area contributed by atoms with E-state index in [9.17, 15) is 18.0 Å². The second-order valence-corrected chi connectivity index (χ2v) is 10.5. The number of anilines is 1. The number of fused-ring (bicyclic) bond motifs is 1. The van der Waals surface area contributed by atoms with Gasteiger partial charge in [-0.05, 0) is 47.0 Å². The number of rotatable bonds is 7. The van der Waals surface area contributed by atoms with Crippen LogP contribution in [0.3, 0.4) is 0 Å². The Hall–Kier alpha value is -3.59. The van der Waals surface area contributed by atoms with Crippen LogP contribution >= 0.6 is 11.3 Å². The van der Waals surface area contributed by atoms with Crippen molar-refractivity contribution in [1.82, 2.24) is 15.1 Å². The number of amides is 1. The SMILES string of the molecule is CCC(CC)(NC(=O)c1cnn2c1NC(c1ccccc1)CC2C(F)(F)F)c1cccc(-c2cccs2)c1. The molecule has 0 bridgehead atoms. The van der Waals surface area contributed by atoms with Crippen LogP contribution in [-0.4, -0.2) is 21.9 Å². The van der Waals surface area contributed by atoms with Gasteiger partial charge in [-0.15, -0.1) is 11.3 Å². The summed E-state index contributed by atoms with van der Waals surface area (Å²) in [6.07, 6.45) is -2.27. The maximum Gasteiger partial charge on any atom is 0.410 e. The largest absolute Gasteiger partial charge is 0.410 e. The second-order valence-electron chi connectivity index (χ2n) is 9.55. The van der Waals surface area contributed by atoms with Crippen molar-refractivity contribution in [3.63, 3.8) is 0 Å². The Morgan fingerprint density at radius 1 is 1.08 bits per heavy atom. The Labute approximate surface area is 223 Å². The van der Waals surface area contributed by atoms with Crippen LogP contribution in [0, 0.1) is 0 Å². The molecule has 2 N–H and O–H groups in total. The fourth-order valence-electron chi connectivity index (χ4n) is 5.24. The first kappa shape index (κ1) is 26.0. The molecular weight excluding hydrogens is 509 g/mol. The molecule has 2 aromatic heterocycles. The van der Waals surface area contributed by atoms with Crippen molar-refractivity contribution < 1.29 is 18.0 Å². The molecule has 0 saturated heterocycles. The molecule has 3 heterocycles. The molecule has 198 valence electrons. The molecule has 1 amide bonds. The molecule has 4 aromatic rings. The molecule has 9 heteroatoms. The highest BCUT2D eigenvalue weighted by atomic mass is 32.1. The van der Waals surface area contributed by atoms with E-state index in [1.165, 1.54) is 6.20 Å². The highest BCUT2D eigenvalue weighted by molar-refractivity contribution is 7.13. The zero-order chi connectivity index (χ0) is 26.9. The summed E-state index contributed by atoms with van der Waals surface area (Å²) in [7, 11) is 0. The average molecular weight is 539 g/mol. The monoisotopic (exact) mass is 538 g/mol. The quantitative estimate of drug-likeness (QED) is 0.253. The summed E-state index contributed by atoms with van der Waals surface area (Å²) < 4.78 is 43.2. The number of nitrogens with zero attached hydrogens (tertiary/aromatic N) is 2. The van der Waals surface area contributed by atoms with Gasteiger partial charge in [0.1, 0.15) is 11.4 Å². The third-order valence-electron chi connectivity index (χ3n) is 7.47. The molecule has 5 rings (SSSR count). The number of alkyl halides is 3. The molecular formula is C29H29F3N4OS. The Bertz CT molecular complexity index is 1390. The third-order valence-corrected chi connectivity index (χ3v) is 8.38. The number of carbonyl (C=O) groups excluding carboxylic acids is 1. The minimum absolute atomic E-state index is 0.0818. The maximum atomic E-state index is 14.1. The van der Waals surface area contributed by atoms with Crippen LogP contribution in [0.25, 0.3) is 10.4 Å². The van der Waals surface area contributed by atoms with Crippen LogP contribution in [0.4, 0.5) is 19.0 Å². The lowest BCUT2D eigenvalue weighted by Gasteiger charge is -2.35. The van der Waals surface area contributed by atoms with E-state index in [-0.39, 0.29) is 17.8 Å². The number of aromatic nitrogens is 2. The normalized spacial score (nSPS) is 17.5. The Morgan fingerprint density at radius 2 is 1.84 bits per heavy atom. The van der Waals surface area contributed by atoms with Gasteiger partial charge in [-0.2, -0.15) is 18.3 Å². The molecule has 2 atom stereocenters. The first-order chi connectivity index (χ1) is 18.3. The van der Waals surface area contributed by atoms with Gasteiger partial charge in [0.25, 0.3) is 5.91 Å². The molecule has 0 aliphatic carbocycles. The topological polar surface area (TPSA) is 59.0 Å². The van der Waals surface area contributed by atoms with Crippen LogP contribution in [0.1, 0.15) is 66.7 Å². The third kappa shape index (κ3) is 4.82. The van der Waals surface area contributed by atoms with E-state index in [1.807, 2.05) is 55.6 Å². The van der Waals surface area contributed by atoms with E-state index in [0.717, 1.165) is 26.2 Å². The van der Waals surface area contributed by atoms with Gasteiger partial charge in [-0.3, -0.25) is 4.79 Å². The summed E-state index contributed by atoms with van der Waals surface area (Å²) in [4.78, 5) is 14.8. The highest BCUT2D eigenvalue weighted by Gasteiger charge is 2.47. The number of thiophene rings is 1. The molecule has 1 aliphatic heterocycles. The lowest BCUT2D eigenvalue weighted by molar-refractivity contribution is -0.173. The van der Waals surface area contributed by atoms with Crippen molar-refractivity contribution in [3.05, 3.63) is 95.0 Å². The number of nitrogens with one attached hydrogen (secondary N) is 2. The van der Waals surface area contributed by atoms with Crippen LogP contribution in [0.15, 0.2) is 78.3 Å². The van der Waals surface area contributed by atoms with Crippen LogP contribution < -0.4 is 10.6 Å². The van der Waals surface area contributed by atoms with Crippen molar-refractivity contribution in [2.45, 2.75) is 56.9 Å². The molecule has 0 radical (unpaired) electrons. The van der Waals surface area contributed by atoms with Gasteiger partial charge in [0.05, 0.1) is 17.8 Å². The molecule has 38 heavy (non-hydrogen) atoms. The standard InChI is InChI=1S/C29H29F3N4OS/c1-3-28(4-2,21-13-8-12-20(16-21)24-14-9-15-38-24)35-27(37)22-18-33-36-25(29(30,31)32)17-23(34-26(22)36)19-10-6-5-7-11-19/h5-16,18,23,25,34H,3-4,17H2,1-2H3,(H,35,37). The van der Waals surface area contributed by atoms with Gasteiger partial charge in [0.15, 0.2) is 6.04 Å². The first-order valence-corrected chi connectivity index (χ1v) is 13.6. The molecule has 5 nitrogen and oxygen atoms in total. The molecule has 0 spiro atoms. The van der Waals surface area contributed by atoms with Crippen LogP contribution in [0.5, 0.6) is 0 Å². The Balaban J connectivity index is 1.49. The second kappa shape index (κ2) is 10.3. The molecule has 2 aromatic carbocycles. The smallest absolute Gasteiger partial charge is 0.363 e. The Kier molecular flexibility index (Phi) is 7.05. The zero-order valence-electron chi connectivity index (χ0n) is 21.1. The van der Waals surface area contributed by atoms with Crippen molar-refractivity contribution >= 4 is 23.1 Å². The van der Waals surface area contributed by atoms with E-state index in [2.05, 4.69) is 21.8 Å². The van der Waals surface area contributed by atoms with Crippen molar-refractivity contribution in [3.8, 4) is 10.4 Å². The molecule has 0 saturated carbocycles. The highest BCUT2D eigenvalue weighted by Crippen LogP contribution is 2.44. The van der Waals surface area contributed by atoms with Crippen molar-refractivity contribution in [1.29, 1.82) is 0 Å². The number of carbonyl (C=O) groups is 1. The van der Waals surface area contributed by atoms with E-state index in [1.54, 1.807) is 35.6 Å². The minimum atomic E-state index is -4.51. The van der Waals surface area contributed by atoms with Gasteiger partial charge in [0, 0.05) is 11.3 Å². The first-order valence-electron chi connectivity index (χ1n) is 12.7. The van der Waals surface area contributed by atoms with Gasteiger partial charge >= 0.3 is 6.18 Å². The van der Waals surface area contributed by atoms with Crippen molar-refractivity contribution in [2.75, 3.05) is 5.32 Å². The lowest BCUT2D eigenvalue weighted by atomic mass is 9.83. The summed E-state index contributed by atoms with van der Waals surface area (Å²) in [6, 6.07) is 18.6. The van der Waals surface area contributed by atoms with Gasteiger partial charge in [0.2, 0.25) is 0 Å². The van der Waals surface area contributed by atoms with Gasteiger partial charge in [-0.1, -0.05) is 68.4 Å². The van der Waals surface area contributed by atoms with E-state index >= 15 is 0 Å². The van der Waals surface area contributed by atoms with E-state index < -0.39 is 29.7 Å². The van der Waals surface area contributed by atoms with Gasteiger partial charge in [-0.25, -0.2) is 4.68 Å². The fourth-order valence-corrected chi connectivity index (χ4v) is 5.96. The maximum absolute atomic E-state index is 14.1. The molecule has 1 aliphatic rings. The predicted molar refractivity (Wildman–Crippen MR) is 144 cm³/mol. The lowest BCUT2D eigenvalue weighted by Crippen LogP contribution is -2.45. The number of hydrogen-bond acceptors (Lipinski definition) is 4. The molecule has 0 fully saturated rings. The summed E-state index contributed by atoms with van der Waals surface area (Å²) in [5.41, 5.74) is 2.13. The summed E-state index contributed by atoms with van der Waals surface area (Å²) in [6.45, 7) is 4.00. The van der Waals surface area contributed by atoms with Crippen LogP contribution in [0.2, 0.25) is 0 Å². The average Bonchev–Trinajstić information content (AvgIpc) is 3.62. The number of benzene rings is 2. The minimum Gasteiger partial charge on any atom is -0.363 e.